The zero-order chi connectivity index (χ0) is 14.6. The van der Waals surface area contributed by atoms with Gasteiger partial charge >= 0.3 is 6.61 Å². The highest BCUT2D eigenvalue weighted by molar-refractivity contribution is 7.98. The summed E-state index contributed by atoms with van der Waals surface area (Å²) in [5, 5.41) is 3.28. The first-order valence-corrected chi connectivity index (χ1v) is 8.36. The van der Waals surface area contributed by atoms with Crippen LogP contribution in [0.25, 0.3) is 0 Å². The van der Waals surface area contributed by atoms with Crippen LogP contribution in [0.15, 0.2) is 24.3 Å². The first-order chi connectivity index (χ1) is 9.74. The number of unbranched alkanes of at least 4 members (excludes halogenated alkanes) is 3. The molecule has 114 valence electrons. The Bertz CT molecular complexity index is 363. The maximum atomic E-state index is 12.2. The average Bonchev–Trinajstić information content (AvgIpc) is 2.43. The van der Waals surface area contributed by atoms with Crippen LogP contribution >= 0.6 is 11.8 Å². The molecule has 1 aromatic carbocycles. The standard InChI is InChI=1S/C15H23F2NOS/c1-20-11-7-3-2-6-10-18-12-13-8-4-5-9-14(13)19-15(16)17/h4-5,8-9,15,18H,2-3,6-7,10-12H2,1H3. The molecule has 2 nitrogen and oxygen atoms in total. The zero-order valence-corrected chi connectivity index (χ0v) is 12.7. The van der Waals surface area contributed by atoms with E-state index in [1.165, 1.54) is 25.0 Å². The zero-order valence-electron chi connectivity index (χ0n) is 11.9. The fourth-order valence-corrected chi connectivity index (χ4v) is 2.43. The molecule has 5 heteroatoms. The molecule has 0 radical (unpaired) electrons. The summed E-state index contributed by atoms with van der Waals surface area (Å²) in [6.45, 7) is -1.30. The number of alkyl halides is 2. The van der Waals surface area contributed by atoms with Gasteiger partial charge in [-0.3, -0.25) is 0 Å². The minimum Gasteiger partial charge on any atom is -0.434 e. The van der Waals surface area contributed by atoms with Crippen LogP contribution in [-0.2, 0) is 6.54 Å². The number of nitrogens with one attached hydrogen (secondary N) is 1. The van der Waals surface area contributed by atoms with E-state index in [0.29, 0.717) is 6.54 Å². The van der Waals surface area contributed by atoms with E-state index in [1.54, 1.807) is 12.1 Å². The van der Waals surface area contributed by atoms with Crippen molar-refractivity contribution in [3.63, 3.8) is 0 Å². The Hall–Kier alpha value is -0.810. The second-order valence-corrected chi connectivity index (χ2v) is 5.56. The quantitative estimate of drug-likeness (QED) is 0.616. The van der Waals surface area contributed by atoms with Crippen LogP contribution in [0.5, 0.6) is 5.75 Å². The Morgan fingerprint density at radius 3 is 2.65 bits per heavy atom. The maximum Gasteiger partial charge on any atom is 0.387 e. The summed E-state index contributed by atoms with van der Waals surface area (Å²) >= 11 is 1.88. The van der Waals surface area contributed by atoms with Crippen molar-refractivity contribution in [2.75, 3.05) is 18.6 Å². The lowest BCUT2D eigenvalue weighted by Gasteiger charge is -2.11. The first kappa shape index (κ1) is 17.2. The third-order valence-electron chi connectivity index (χ3n) is 2.96. The molecule has 0 spiro atoms. The van der Waals surface area contributed by atoms with Gasteiger partial charge in [-0.15, -0.1) is 0 Å². The van der Waals surface area contributed by atoms with Crippen LogP contribution in [-0.4, -0.2) is 25.2 Å². The number of rotatable bonds is 11. The average molecular weight is 303 g/mol. The van der Waals surface area contributed by atoms with Gasteiger partial charge in [0.15, 0.2) is 0 Å². The van der Waals surface area contributed by atoms with E-state index in [4.69, 9.17) is 0 Å². The molecule has 20 heavy (non-hydrogen) atoms. The summed E-state index contributed by atoms with van der Waals surface area (Å²) in [5.41, 5.74) is 0.773. The van der Waals surface area contributed by atoms with Gasteiger partial charge < -0.3 is 10.1 Å². The highest BCUT2D eigenvalue weighted by Crippen LogP contribution is 2.19. The Morgan fingerprint density at radius 2 is 1.90 bits per heavy atom. The molecular weight excluding hydrogens is 280 g/mol. The molecule has 0 saturated heterocycles. The number of hydrogen-bond acceptors (Lipinski definition) is 3. The highest BCUT2D eigenvalue weighted by Gasteiger charge is 2.08. The Kier molecular flexibility index (Phi) is 9.41. The Labute approximate surface area is 124 Å². The lowest BCUT2D eigenvalue weighted by atomic mass is 10.2. The minimum absolute atomic E-state index is 0.259. The molecule has 0 unspecified atom stereocenters. The molecule has 0 amide bonds. The smallest absolute Gasteiger partial charge is 0.387 e. The molecule has 0 bridgehead atoms. The molecule has 0 aromatic heterocycles. The maximum absolute atomic E-state index is 12.2. The van der Waals surface area contributed by atoms with Gasteiger partial charge in [0.05, 0.1) is 0 Å². The molecular formula is C15H23F2NOS. The van der Waals surface area contributed by atoms with E-state index in [9.17, 15) is 8.78 Å². The van der Waals surface area contributed by atoms with Gasteiger partial charge in [0.25, 0.3) is 0 Å². The number of thioether (sulfide) groups is 1. The second-order valence-electron chi connectivity index (χ2n) is 4.57. The first-order valence-electron chi connectivity index (χ1n) is 6.96. The number of ether oxygens (including phenoxy) is 1. The van der Waals surface area contributed by atoms with Crippen molar-refractivity contribution in [1.82, 2.24) is 5.32 Å². The highest BCUT2D eigenvalue weighted by atomic mass is 32.2. The lowest BCUT2D eigenvalue weighted by molar-refractivity contribution is -0.0504. The van der Waals surface area contributed by atoms with Crippen LogP contribution in [0.1, 0.15) is 31.2 Å². The predicted molar refractivity (Wildman–Crippen MR) is 81.6 cm³/mol. The molecule has 0 aliphatic heterocycles. The van der Waals surface area contributed by atoms with Crippen LogP contribution < -0.4 is 10.1 Å². The molecule has 0 heterocycles. The molecule has 1 rings (SSSR count). The minimum atomic E-state index is -2.77. The molecule has 0 aliphatic rings. The SMILES string of the molecule is CSCCCCCCNCc1ccccc1OC(F)F. The van der Waals surface area contributed by atoms with Gasteiger partial charge in [0.1, 0.15) is 5.75 Å². The summed E-state index contributed by atoms with van der Waals surface area (Å²) in [7, 11) is 0. The van der Waals surface area contributed by atoms with Crippen LogP contribution in [0.2, 0.25) is 0 Å². The molecule has 0 atom stereocenters. The molecule has 1 aromatic rings. The summed E-state index contributed by atoms with van der Waals surface area (Å²) in [6.07, 6.45) is 6.98. The van der Waals surface area contributed by atoms with E-state index in [1.807, 2.05) is 23.9 Å². The van der Waals surface area contributed by atoms with Crippen molar-refractivity contribution in [1.29, 1.82) is 0 Å². The molecule has 1 N–H and O–H groups in total. The topological polar surface area (TPSA) is 21.3 Å². The van der Waals surface area contributed by atoms with Crippen LogP contribution in [0.4, 0.5) is 8.78 Å². The van der Waals surface area contributed by atoms with E-state index >= 15 is 0 Å². The fraction of sp³-hybridized carbons (Fsp3) is 0.600. The normalized spacial score (nSPS) is 11.0. The summed E-state index contributed by atoms with van der Waals surface area (Å²) in [4.78, 5) is 0. The molecule has 0 fully saturated rings. The summed E-state index contributed by atoms with van der Waals surface area (Å²) in [6, 6.07) is 6.92. The van der Waals surface area contributed by atoms with Gasteiger partial charge in [-0.25, -0.2) is 0 Å². The van der Waals surface area contributed by atoms with Gasteiger partial charge in [-0.1, -0.05) is 31.0 Å². The number of benzene rings is 1. The van der Waals surface area contributed by atoms with Crippen molar-refractivity contribution in [3.05, 3.63) is 29.8 Å². The largest absolute Gasteiger partial charge is 0.434 e. The third kappa shape index (κ3) is 7.70. The van der Waals surface area contributed by atoms with Crippen molar-refractivity contribution in [3.8, 4) is 5.75 Å². The van der Waals surface area contributed by atoms with Gasteiger partial charge in [-0.05, 0) is 37.5 Å². The Morgan fingerprint density at radius 1 is 1.15 bits per heavy atom. The van der Waals surface area contributed by atoms with E-state index in [-0.39, 0.29) is 5.75 Å². The predicted octanol–water partition coefficient (Wildman–Crippen LogP) is 4.30. The van der Waals surface area contributed by atoms with E-state index in [0.717, 1.165) is 18.5 Å². The number of halogens is 2. The van der Waals surface area contributed by atoms with Crippen molar-refractivity contribution >= 4 is 11.8 Å². The number of hydrogen-bond donors (Lipinski definition) is 1. The Balaban J connectivity index is 2.18. The molecule has 0 saturated carbocycles. The van der Waals surface area contributed by atoms with Crippen molar-refractivity contribution in [2.45, 2.75) is 38.8 Å². The third-order valence-corrected chi connectivity index (χ3v) is 3.65. The van der Waals surface area contributed by atoms with Crippen LogP contribution in [0, 0.1) is 0 Å². The van der Waals surface area contributed by atoms with Gasteiger partial charge in [-0.2, -0.15) is 20.5 Å². The van der Waals surface area contributed by atoms with Gasteiger partial charge in [0.2, 0.25) is 0 Å². The van der Waals surface area contributed by atoms with Crippen molar-refractivity contribution < 1.29 is 13.5 Å². The van der Waals surface area contributed by atoms with E-state index in [2.05, 4.69) is 16.3 Å². The monoisotopic (exact) mass is 303 g/mol. The van der Waals surface area contributed by atoms with Crippen LogP contribution in [0.3, 0.4) is 0 Å². The summed E-state index contributed by atoms with van der Waals surface area (Å²) < 4.78 is 29.0. The summed E-state index contributed by atoms with van der Waals surface area (Å²) in [5.74, 6) is 1.49. The van der Waals surface area contributed by atoms with E-state index < -0.39 is 6.61 Å². The lowest BCUT2D eigenvalue weighted by Crippen LogP contribution is -2.16. The van der Waals surface area contributed by atoms with Gasteiger partial charge in [0, 0.05) is 12.1 Å². The fourth-order valence-electron chi connectivity index (χ4n) is 1.93. The molecule has 0 aliphatic carbocycles. The second kappa shape index (κ2) is 10.9. The number of para-hydroxylation sites is 1. The van der Waals surface area contributed by atoms with Crippen molar-refractivity contribution in [2.24, 2.45) is 0 Å².